The van der Waals surface area contributed by atoms with E-state index in [1.54, 1.807) is 0 Å². The van der Waals surface area contributed by atoms with Gasteiger partial charge in [-0.1, -0.05) is 13.0 Å². The summed E-state index contributed by atoms with van der Waals surface area (Å²) in [5, 5.41) is 0. The predicted molar refractivity (Wildman–Crippen MR) is 77.2 cm³/mol. The van der Waals surface area contributed by atoms with Gasteiger partial charge in [0.05, 0.1) is 18.0 Å². The number of ether oxygens (including phenoxy) is 1. The van der Waals surface area contributed by atoms with Gasteiger partial charge in [-0.2, -0.15) is 0 Å². The van der Waals surface area contributed by atoms with Gasteiger partial charge in [-0.15, -0.1) is 0 Å². The summed E-state index contributed by atoms with van der Waals surface area (Å²) in [7, 11) is 0. The van der Waals surface area contributed by atoms with Crippen LogP contribution in [0.2, 0.25) is 0 Å². The summed E-state index contributed by atoms with van der Waals surface area (Å²) < 4.78 is 5.58. The van der Waals surface area contributed by atoms with Crippen molar-refractivity contribution in [2.45, 2.75) is 39.7 Å². The van der Waals surface area contributed by atoms with Gasteiger partial charge in [-0.3, -0.25) is 0 Å². The molecule has 2 atom stereocenters. The summed E-state index contributed by atoms with van der Waals surface area (Å²) in [4.78, 5) is 2.42. The second kappa shape index (κ2) is 5.51. The van der Waals surface area contributed by atoms with E-state index >= 15 is 0 Å². The Labute approximate surface area is 110 Å². The number of nitrogen functional groups attached to an aromatic ring is 1. The van der Waals surface area contributed by atoms with Crippen LogP contribution in [0.25, 0.3) is 0 Å². The van der Waals surface area contributed by atoms with Crippen molar-refractivity contribution in [1.29, 1.82) is 0 Å². The van der Waals surface area contributed by atoms with Crippen LogP contribution in [-0.4, -0.2) is 19.2 Å². The highest BCUT2D eigenvalue weighted by atomic mass is 16.5. The number of hydrogen-bond donors (Lipinski definition) is 1. The molecular formula is C15H24N2O. The van der Waals surface area contributed by atoms with Gasteiger partial charge in [0.15, 0.2) is 0 Å². The number of nitrogens with two attached hydrogens (primary N) is 1. The molecule has 1 saturated heterocycles. The maximum Gasteiger partial charge on any atom is 0.144 e. The average molecular weight is 248 g/mol. The Morgan fingerprint density at radius 3 is 2.89 bits per heavy atom. The SMILES string of the molecule is CCOc1cccc(N2CCCC(C)C2C)c1N. The van der Waals surface area contributed by atoms with E-state index in [1.165, 1.54) is 12.8 Å². The van der Waals surface area contributed by atoms with Gasteiger partial charge in [-0.25, -0.2) is 0 Å². The second-order valence-electron chi connectivity index (χ2n) is 5.18. The van der Waals surface area contributed by atoms with E-state index in [0.29, 0.717) is 18.6 Å². The monoisotopic (exact) mass is 248 g/mol. The van der Waals surface area contributed by atoms with Crippen LogP contribution in [-0.2, 0) is 0 Å². The topological polar surface area (TPSA) is 38.5 Å². The zero-order chi connectivity index (χ0) is 13.1. The first kappa shape index (κ1) is 13.1. The van der Waals surface area contributed by atoms with Gasteiger partial charge < -0.3 is 15.4 Å². The molecule has 1 aromatic carbocycles. The van der Waals surface area contributed by atoms with Crippen LogP contribution < -0.4 is 15.4 Å². The lowest BCUT2D eigenvalue weighted by atomic mass is 9.91. The fraction of sp³-hybridized carbons (Fsp3) is 0.600. The minimum atomic E-state index is 0.540. The molecule has 0 radical (unpaired) electrons. The van der Waals surface area contributed by atoms with Crippen LogP contribution in [0.1, 0.15) is 33.6 Å². The molecule has 3 heteroatoms. The van der Waals surface area contributed by atoms with Gasteiger partial charge in [0.2, 0.25) is 0 Å². The number of rotatable bonds is 3. The van der Waals surface area contributed by atoms with E-state index in [4.69, 9.17) is 10.5 Å². The summed E-state index contributed by atoms with van der Waals surface area (Å²) in [6.07, 6.45) is 2.55. The first-order valence-corrected chi connectivity index (χ1v) is 6.93. The Morgan fingerprint density at radius 1 is 1.39 bits per heavy atom. The van der Waals surface area contributed by atoms with Gasteiger partial charge in [-0.05, 0) is 44.7 Å². The minimum Gasteiger partial charge on any atom is -0.492 e. The number of piperidine rings is 1. The largest absolute Gasteiger partial charge is 0.492 e. The highest BCUT2D eigenvalue weighted by Gasteiger charge is 2.26. The van der Waals surface area contributed by atoms with Crippen molar-refractivity contribution in [2.75, 3.05) is 23.8 Å². The number of para-hydroxylation sites is 1. The number of benzene rings is 1. The van der Waals surface area contributed by atoms with Crippen molar-refractivity contribution < 1.29 is 4.74 Å². The second-order valence-corrected chi connectivity index (χ2v) is 5.18. The number of hydrogen-bond acceptors (Lipinski definition) is 3. The van der Waals surface area contributed by atoms with Crippen molar-refractivity contribution in [3.63, 3.8) is 0 Å². The Kier molecular flexibility index (Phi) is 4.00. The molecule has 3 nitrogen and oxygen atoms in total. The van der Waals surface area contributed by atoms with Crippen LogP contribution in [0, 0.1) is 5.92 Å². The lowest BCUT2D eigenvalue weighted by Crippen LogP contribution is -2.42. The summed E-state index contributed by atoms with van der Waals surface area (Å²) >= 11 is 0. The zero-order valence-electron chi connectivity index (χ0n) is 11.6. The van der Waals surface area contributed by atoms with Crippen LogP contribution in [0.4, 0.5) is 11.4 Å². The molecule has 1 aliphatic rings. The van der Waals surface area contributed by atoms with E-state index in [0.717, 1.165) is 23.7 Å². The molecule has 0 aromatic heterocycles. The maximum absolute atomic E-state index is 6.24. The fourth-order valence-corrected chi connectivity index (χ4v) is 2.74. The maximum atomic E-state index is 6.24. The van der Waals surface area contributed by atoms with Crippen molar-refractivity contribution in [3.8, 4) is 5.75 Å². The third-order valence-electron chi connectivity index (χ3n) is 4.03. The van der Waals surface area contributed by atoms with E-state index < -0.39 is 0 Å². The molecule has 1 aromatic rings. The van der Waals surface area contributed by atoms with Crippen LogP contribution >= 0.6 is 0 Å². The normalized spacial score (nSPS) is 24.1. The molecule has 1 heterocycles. The quantitative estimate of drug-likeness (QED) is 0.834. The molecule has 100 valence electrons. The van der Waals surface area contributed by atoms with Crippen LogP contribution in [0.15, 0.2) is 18.2 Å². The summed E-state index contributed by atoms with van der Waals surface area (Å²) in [6, 6.07) is 6.62. The average Bonchev–Trinajstić information content (AvgIpc) is 2.36. The molecule has 0 amide bonds. The molecule has 0 bridgehead atoms. The molecule has 1 fully saturated rings. The third kappa shape index (κ3) is 2.40. The standard InChI is InChI=1S/C15H24N2O/c1-4-18-14-9-5-8-13(15(14)16)17-10-6-7-11(2)12(17)3/h5,8-9,11-12H,4,6-7,10,16H2,1-3H3. The Morgan fingerprint density at radius 2 is 2.17 bits per heavy atom. The van der Waals surface area contributed by atoms with Crippen molar-refractivity contribution in [2.24, 2.45) is 5.92 Å². The predicted octanol–water partition coefficient (Wildman–Crippen LogP) is 3.29. The molecule has 2 N–H and O–H groups in total. The van der Waals surface area contributed by atoms with E-state index in [-0.39, 0.29) is 0 Å². The van der Waals surface area contributed by atoms with Gasteiger partial charge in [0, 0.05) is 12.6 Å². The van der Waals surface area contributed by atoms with E-state index in [2.05, 4.69) is 24.8 Å². The molecule has 2 rings (SSSR count). The van der Waals surface area contributed by atoms with Gasteiger partial charge in [0.25, 0.3) is 0 Å². The van der Waals surface area contributed by atoms with Gasteiger partial charge >= 0.3 is 0 Å². The fourth-order valence-electron chi connectivity index (χ4n) is 2.74. The van der Waals surface area contributed by atoms with E-state index in [9.17, 15) is 0 Å². The third-order valence-corrected chi connectivity index (χ3v) is 4.03. The molecule has 2 unspecified atom stereocenters. The highest BCUT2D eigenvalue weighted by molar-refractivity contribution is 5.74. The first-order valence-electron chi connectivity index (χ1n) is 6.93. The van der Waals surface area contributed by atoms with Crippen LogP contribution in [0.3, 0.4) is 0 Å². The van der Waals surface area contributed by atoms with Gasteiger partial charge in [0.1, 0.15) is 5.75 Å². The highest BCUT2D eigenvalue weighted by Crippen LogP contribution is 2.36. The Bertz CT molecular complexity index is 405. The lowest BCUT2D eigenvalue weighted by Gasteiger charge is -2.40. The zero-order valence-corrected chi connectivity index (χ0v) is 11.6. The molecular weight excluding hydrogens is 224 g/mol. The first-order chi connectivity index (χ1) is 8.65. The summed E-state index contributed by atoms with van der Waals surface area (Å²) in [5.41, 5.74) is 8.14. The molecule has 0 saturated carbocycles. The van der Waals surface area contributed by atoms with Crippen LogP contribution in [0.5, 0.6) is 5.75 Å². The summed E-state index contributed by atoms with van der Waals surface area (Å²) in [6.45, 7) is 8.33. The molecule has 1 aliphatic heterocycles. The van der Waals surface area contributed by atoms with Crippen molar-refractivity contribution in [3.05, 3.63) is 18.2 Å². The Hall–Kier alpha value is -1.38. The minimum absolute atomic E-state index is 0.540. The number of nitrogens with zero attached hydrogens (tertiary/aromatic N) is 1. The summed E-state index contributed by atoms with van der Waals surface area (Å²) in [5.74, 6) is 1.52. The van der Waals surface area contributed by atoms with E-state index in [1.807, 2.05) is 19.1 Å². The smallest absolute Gasteiger partial charge is 0.144 e. The molecule has 18 heavy (non-hydrogen) atoms. The van der Waals surface area contributed by atoms with Crippen molar-refractivity contribution in [1.82, 2.24) is 0 Å². The number of anilines is 2. The Balaban J connectivity index is 2.29. The molecule has 0 spiro atoms. The lowest BCUT2D eigenvalue weighted by molar-refractivity contribution is 0.340. The molecule has 0 aliphatic carbocycles. The van der Waals surface area contributed by atoms with Crippen molar-refractivity contribution >= 4 is 11.4 Å².